The standard InChI is InChI=1S/2C6H11Si.2HI.Sn/c2*1-5-6-7(2,3)4;;;/h2*1H2,2-4H3;2*1H;/q;;;;+2/p-2. The van der Waals surface area contributed by atoms with Crippen LogP contribution in [0.3, 0.4) is 0 Å². The van der Waals surface area contributed by atoms with Crippen LogP contribution in [0.1, 0.15) is 0 Å². The molecule has 0 aromatic rings. The number of rotatable bonds is 2. The van der Waals surface area contributed by atoms with E-state index in [1.807, 2.05) is 0 Å². The molecule has 17 heavy (non-hydrogen) atoms. The molecule has 0 unspecified atom stereocenters. The monoisotopic (exact) mass is 596 g/mol. The van der Waals surface area contributed by atoms with Crippen molar-refractivity contribution in [2.75, 3.05) is 0 Å². The summed E-state index contributed by atoms with van der Waals surface area (Å²) in [6.45, 7) is 13.8. The first-order valence-electron chi connectivity index (χ1n) is 5.79. The van der Waals surface area contributed by atoms with Gasteiger partial charge in [-0.15, -0.1) is 0 Å². The normalized spacial score (nSPS) is 12.2. The van der Waals surface area contributed by atoms with Crippen LogP contribution in [0.15, 0.2) is 0 Å². The second-order valence-corrected chi connectivity index (χ2v) is 64.3. The second kappa shape index (κ2) is 7.56. The molecular weight excluding hydrogens is 573 g/mol. The van der Waals surface area contributed by atoms with Gasteiger partial charge in [-0.3, -0.25) is 0 Å². The molecule has 0 radical (unpaired) electrons. The van der Waals surface area contributed by atoms with Crippen molar-refractivity contribution in [1.29, 1.82) is 0 Å². The first kappa shape index (κ1) is 18.8. The number of hydrogen-bond donors (Lipinski definition) is 0. The molecule has 0 bridgehead atoms. The maximum absolute atomic E-state index is 3.48. The van der Waals surface area contributed by atoms with Crippen molar-refractivity contribution in [3.8, 4) is 22.9 Å². The van der Waals surface area contributed by atoms with Gasteiger partial charge < -0.3 is 0 Å². The van der Waals surface area contributed by atoms with E-state index in [0.717, 1.165) is 8.87 Å². The fourth-order valence-electron chi connectivity index (χ4n) is 0.940. The van der Waals surface area contributed by atoms with Crippen LogP contribution in [0, 0.1) is 22.9 Å². The van der Waals surface area contributed by atoms with Gasteiger partial charge in [-0.1, -0.05) is 0 Å². The van der Waals surface area contributed by atoms with Gasteiger partial charge >= 0.3 is 135 Å². The molecule has 0 fully saturated rings. The molecule has 0 aliphatic heterocycles. The van der Waals surface area contributed by atoms with Gasteiger partial charge in [0.25, 0.3) is 0 Å². The SMILES string of the molecule is C[Si](C)(C)C#C[CH2][Sn]([I])([I])[CH2]C#C[Si](C)(C)C. The third-order valence-corrected chi connectivity index (χ3v) is 17.7. The Bertz CT molecular complexity index is 334. The molecular formula is C12H22I2Si2Sn. The average molecular weight is 595 g/mol. The van der Waals surface area contributed by atoms with Crippen molar-refractivity contribution in [1.82, 2.24) is 0 Å². The van der Waals surface area contributed by atoms with Crippen LogP contribution in [0.5, 0.6) is 0 Å². The van der Waals surface area contributed by atoms with Crippen molar-refractivity contribution in [3.63, 3.8) is 0 Å². The van der Waals surface area contributed by atoms with E-state index in [9.17, 15) is 0 Å². The molecule has 5 heteroatoms. The summed E-state index contributed by atoms with van der Waals surface area (Å²) in [4.78, 5) is 0. The van der Waals surface area contributed by atoms with Gasteiger partial charge in [-0.25, -0.2) is 0 Å². The van der Waals surface area contributed by atoms with Crippen molar-refractivity contribution in [2.45, 2.75) is 48.2 Å². The van der Waals surface area contributed by atoms with Crippen molar-refractivity contribution in [2.24, 2.45) is 0 Å². The third-order valence-electron chi connectivity index (χ3n) is 1.62. The minimum atomic E-state index is -2.00. The molecule has 0 aromatic heterocycles. The van der Waals surface area contributed by atoms with Gasteiger partial charge in [0, 0.05) is 0 Å². The van der Waals surface area contributed by atoms with E-state index in [1.165, 1.54) is 0 Å². The van der Waals surface area contributed by atoms with Gasteiger partial charge in [0.1, 0.15) is 0 Å². The Labute approximate surface area is 133 Å². The predicted octanol–water partition coefficient (Wildman–Crippen LogP) is 5.06. The van der Waals surface area contributed by atoms with Crippen molar-refractivity contribution in [3.05, 3.63) is 0 Å². The second-order valence-electron chi connectivity index (χ2n) is 6.31. The quantitative estimate of drug-likeness (QED) is 0.238. The van der Waals surface area contributed by atoms with Crippen LogP contribution in [0.25, 0.3) is 0 Å². The molecule has 0 rings (SSSR count). The number of hydrogen-bond acceptors (Lipinski definition) is 0. The molecule has 0 spiro atoms. The fraction of sp³-hybridized carbons (Fsp3) is 0.667. The molecule has 0 amide bonds. The summed E-state index contributed by atoms with van der Waals surface area (Å²) in [5, 5.41) is 0. The summed E-state index contributed by atoms with van der Waals surface area (Å²) in [5.41, 5.74) is 6.95. The Morgan fingerprint density at radius 2 is 1.06 bits per heavy atom. The van der Waals surface area contributed by atoms with E-state index in [2.05, 4.69) is 99.5 Å². The summed E-state index contributed by atoms with van der Waals surface area (Å²) < 4.78 is 2.31. The minimum absolute atomic E-state index is 1.15. The zero-order valence-electron chi connectivity index (χ0n) is 11.7. The van der Waals surface area contributed by atoms with Gasteiger partial charge in [0.2, 0.25) is 0 Å². The molecule has 0 aromatic carbocycles. The fourth-order valence-corrected chi connectivity index (χ4v) is 10.6. The Balaban J connectivity index is 4.38. The van der Waals surface area contributed by atoms with Gasteiger partial charge in [0.15, 0.2) is 0 Å². The molecule has 0 atom stereocenters. The molecule has 0 nitrogen and oxygen atoms in total. The summed E-state index contributed by atoms with van der Waals surface area (Å²) in [7, 11) is -4.37. The van der Waals surface area contributed by atoms with E-state index in [1.54, 1.807) is 0 Å². The average Bonchev–Trinajstić information content (AvgIpc) is 1.96. The van der Waals surface area contributed by atoms with E-state index in [-0.39, 0.29) is 0 Å². The Kier molecular flexibility index (Phi) is 8.36. The molecule has 0 saturated carbocycles. The zero-order chi connectivity index (χ0) is 13.7. The summed E-state index contributed by atoms with van der Waals surface area (Å²) in [6, 6.07) is 0. The topological polar surface area (TPSA) is 0 Å². The zero-order valence-corrected chi connectivity index (χ0v) is 20.8. The van der Waals surface area contributed by atoms with Crippen LogP contribution in [-0.4, -0.2) is 26.6 Å². The van der Waals surface area contributed by atoms with Crippen LogP contribution >= 0.6 is 37.3 Å². The summed E-state index contributed by atoms with van der Waals surface area (Å²) in [5.74, 6) is 6.89. The molecule has 0 N–H and O–H groups in total. The van der Waals surface area contributed by atoms with E-state index >= 15 is 0 Å². The molecule has 0 saturated heterocycles. The van der Waals surface area contributed by atoms with E-state index in [4.69, 9.17) is 0 Å². The first-order chi connectivity index (χ1) is 7.41. The van der Waals surface area contributed by atoms with Crippen LogP contribution in [0.4, 0.5) is 0 Å². The van der Waals surface area contributed by atoms with Crippen LogP contribution < -0.4 is 0 Å². The van der Waals surface area contributed by atoms with Crippen LogP contribution in [-0.2, 0) is 0 Å². The Hall–Kier alpha value is 1.81. The van der Waals surface area contributed by atoms with Crippen molar-refractivity contribution >= 4 is 63.9 Å². The van der Waals surface area contributed by atoms with Gasteiger partial charge in [-0.05, 0) is 0 Å². The Morgan fingerprint density at radius 1 is 0.765 bits per heavy atom. The van der Waals surface area contributed by atoms with Crippen molar-refractivity contribution < 1.29 is 0 Å². The van der Waals surface area contributed by atoms with E-state index in [0.29, 0.717) is 0 Å². The Morgan fingerprint density at radius 3 is 1.29 bits per heavy atom. The molecule has 0 heterocycles. The summed E-state index contributed by atoms with van der Waals surface area (Å²) in [6.07, 6.45) is 0. The third kappa shape index (κ3) is 14.0. The maximum atomic E-state index is 3.48. The molecule has 0 aliphatic rings. The first-order valence-corrected chi connectivity index (χ1v) is 33.5. The summed E-state index contributed by atoms with van der Waals surface area (Å²) >= 11 is 5.40. The van der Waals surface area contributed by atoms with Gasteiger partial charge in [0.05, 0.1) is 0 Å². The van der Waals surface area contributed by atoms with Gasteiger partial charge in [-0.2, -0.15) is 0 Å². The van der Waals surface area contributed by atoms with E-state index < -0.39 is 26.6 Å². The van der Waals surface area contributed by atoms with Crippen LogP contribution in [0.2, 0.25) is 48.2 Å². The molecule has 0 aliphatic carbocycles. The predicted molar refractivity (Wildman–Crippen MR) is 106 cm³/mol. The molecule has 96 valence electrons. The number of halogens is 2.